The third-order valence-corrected chi connectivity index (χ3v) is 5.56. The van der Waals surface area contributed by atoms with Crippen molar-refractivity contribution in [2.75, 3.05) is 11.1 Å². The van der Waals surface area contributed by atoms with Crippen LogP contribution >= 0.6 is 23.4 Å². The van der Waals surface area contributed by atoms with Gasteiger partial charge in [-0.05, 0) is 60.7 Å². The van der Waals surface area contributed by atoms with E-state index in [4.69, 9.17) is 11.6 Å². The molecule has 0 aliphatic heterocycles. The fourth-order valence-electron chi connectivity index (χ4n) is 2.85. The smallest absolute Gasteiger partial charge is 0.234 e. The molecule has 156 valence electrons. The molecular weight excluding hydrogens is 442 g/mol. The topological polar surface area (TPSA) is 59.8 Å². The molecule has 4 aromatic rings. The largest absolute Gasteiger partial charge is 0.324 e. The number of hydrogen-bond acceptors (Lipinski definition) is 4. The Morgan fingerprint density at radius 2 is 1.58 bits per heavy atom. The minimum atomic E-state index is -0.381. The molecule has 1 N–H and O–H groups in total. The first-order valence-corrected chi connectivity index (χ1v) is 10.5. The van der Waals surface area contributed by atoms with E-state index in [1.807, 2.05) is 0 Å². The molecule has 9 heteroatoms. The zero-order valence-corrected chi connectivity index (χ0v) is 17.5. The molecule has 0 radical (unpaired) electrons. The van der Waals surface area contributed by atoms with Gasteiger partial charge in [-0.1, -0.05) is 35.5 Å². The zero-order chi connectivity index (χ0) is 21.8. The maximum atomic E-state index is 13.4. The maximum absolute atomic E-state index is 13.4. The van der Waals surface area contributed by atoms with Gasteiger partial charge in [0.25, 0.3) is 0 Å². The van der Waals surface area contributed by atoms with E-state index in [2.05, 4.69) is 15.5 Å². The lowest BCUT2D eigenvalue weighted by atomic mass is 10.2. The maximum Gasteiger partial charge on any atom is 0.234 e. The van der Waals surface area contributed by atoms with Gasteiger partial charge in [0.2, 0.25) is 5.91 Å². The van der Waals surface area contributed by atoms with Gasteiger partial charge in [-0.15, -0.1) is 10.2 Å². The Hall–Kier alpha value is -3.23. The monoisotopic (exact) mass is 456 g/mol. The van der Waals surface area contributed by atoms with Gasteiger partial charge in [0.05, 0.1) is 16.5 Å². The molecule has 0 unspecified atom stereocenters. The summed E-state index contributed by atoms with van der Waals surface area (Å²) >= 11 is 7.24. The molecule has 1 heterocycles. The zero-order valence-electron chi connectivity index (χ0n) is 15.9. The van der Waals surface area contributed by atoms with E-state index in [-0.39, 0.29) is 23.3 Å². The average molecular weight is 457 g/mol. The number of carbonyl (C=O) groups excluding carboxylic acids is 1. The second kappa shape index (κ2) is 9.28. The summed E-state index contributed by atoms with van der Waals surface area (Å²) in [7, 11) is 0. The molecule has 0 aliphatic rings. The van der Waals surface area contributed by atoms with E-state index >= 15 is 0 Å². The van der Waals surface area contributed by atoms with Gasteiger partial charge >= 0.3 is 0 Å². The molecule has 4 rings (SSSR count). The number of hydrogen-bond donors (Lipinski definition) is 1. The lowest BCUT2D eigenvalue weighted by Crippen LogP contribution is -2.14. The summed E-state index contributed by atoms with van der Waals surface area (Å²) in [6, 6.07) is 18.6. The number of rotatable bonds is 6. The SMILES string of the molecule is O=C(CSc1nnc(-c2ccc(F)cc2)n1-c1ccc(F)cc1)Nc1ccccc1Cl. The van der Waals surface area contributed by atoms with Crippen LogP contribution in [0.5, 0.6) is 0 Å². The molecule has 31 heavy (non-hydrogen) atoms. The van der Waals surface area contributed by atoms with Gasteiger partial charge in [-0.3, -0.25) is 9.36 Å². The van der Waals surface area contributed by atoms with E-state index in [1.165, 1.54) is 24.3 Å². The van der Waals surface area contributed by atoms with Crippen molar-refractivity contribution >= 4 is 35.0 Å². The van der Waals surface area contributed by atoms with Gasteiger partial charge in [0, 0.05) is 11.3 Å². The highest BCUT2D eigenvalue weighted by Crippen LogP contribution is 2.29. The minimum Gasteiger partial charge on any atom is -0.324 e. The van der Waals surface area contributed by atoms with E-state index in [1.54, 1.807) is 53.1 Å². The Morgan fingerprint density at radius 3 is 2.26 bits per heavy atom. The van der Waals surface area contributed by atoms with E-state index < -0.39 is 0 Å². The van der Waals surface area contributed by atoms with Crippen LogP contribution in [0.3, 0.4) is 0 Å². The molecule has 1 amide bonds. The van der Waals surface area contributed by atoms with Crippen molar-refractivity contribution in [3.63, 3.8) is 0 Å². The van der Waals surface area contributed by atoms with Crippen LogP contribution in [0.4, 0.5) is 14.5 Å². The number of carbonyl (C=O) groups is 1. The standard InChI is InChI=1S/C22H15ClF2N4OS/c23-18-3-1-2-4-19(18)26-20(30)13-31-22-28-27-21(14-5-7-15(24)8-6-14)29(22)17-11-9-16(25)10-12-17/h1-12H,13H2,(H,26,30). The van der Waals surface area contributed by atoms with Crippen molar-refractivity contribution in [2.45, 2.75) is 5.16 Å². The van der Waals surface area contributed by atoms with E-state index in [9.17, 15) is 13.6 Å². The molecule has 0 fully saturated rings. The quantitative estimate of drug-likeness (QED) is 0.384. The third kappa shape index (κ3) is 4.92. The number of para-hydroxylation sites is 1. The Morgan fingerprint density at radius 1 is 0.935 bits per heavy atom. The van der Waals surface area contributed by atoms with Crippen molar-refractivity contribution in [3.8, 4) is 17.1 Å². The van der Waals surface area contributed by atoms with Crippen molar-refractivity contribution in [3.05, 3.63) is 89.5 Å². The van der Waals surface area contributed by atoms with Crippen LogP contribution in [-0.2, 0) is 4.79 Å². The summed E-state index contributed by atoms with van der Waals surface area (Å²) < 4.78 is 28.5. The molecule has 0 bridgehead atoms. The van der Waals surface area contributed by atoms with E-state index in [0.29, 0.717) is 32.9 Å². The third-order valence-electron chi connectivity index (χ3n) is 4.30. The number of thioether (sulfide) groups is 1. The molecule has 0 atom stereocenters. The normalized spacial score (nSPS) is 10.8. The van der Waals surface area contributed by atoms with E-state index in [0.717, 1.165) is 11.8 Å². The first-order chi connectivity index (χ1) is 15.0. The van der Waals surface area contributed by atoms with Crippen LogP contribution in [0.2, 0.25) is 5.02 Å². The Bertz CT molecular complexity index is 1210. The molecular formula is C22H15ClF2N4OS. The van der Waals surface area contributed by atoms with Crippen LogP contribution in [0, 0.1) is 11.6 Å². The molecule has 0 saturated heterocycles. The Labute approximate surface area is 186 Å². The number of aromatic nitrogens is 3. The summed E-state index contributed by atoms with van der Waals surface area (Å²) in [6.07, 6.45) is 0. The fraction of sp³-hybridized carbons (Fsp3) is 0.0455. The molecule has 5 nitrogen and oxygen atoms in total. The van der Waals surface area contributed by atoms with Gasteiger partial charge in [-0.2, -0.15) is 0 Å². The van der Waals surface area contributed by atoms with Crippen molar-refractivity contribution < 1.29 is 13.6 Å². The summed E-state index contributed by atoms with van der Waals surface area (Å²) in [5.41, 5.74) is 1.76. The summed E-state index contributed by atoms with van der Waals surface area (Å²) in [5, 5.41) is 12.0. The Kier molecular flexibility index (Phi) is 6.29. The van der Waals surface area contributed by atoms with Gasteiger partial charge < -0.3 is 5.32 Å². The number of benzene rings is 3. The summed E-state index contributed by atoms with van der Waals surface area (Å²) in [4.78, 5) is 12.4. The predicted octanol–water partition coefficient (Wildman–Crippen LogP) is 5.60. The first kappa shape index (κ1) is 21.0. The second-order valence-corrected chi connectivity index (χ2v) is 7.79. The summed E-state index contributed by atoms with van der Waals surface area (Å²) in [5.74, 6) is -0.528. The van der Waals surface area contributed by atoms with Gasteiger partial charge in [0.1, 0.15) is 11.6 Å². The average Bonchev–Trinajstić information content (AvgIpc) is 3.19. The van der Waals surface area contributed by atoms with Crippen molar-refractivity contribution in [1.29, 1.82) is 0 Å². The van der Waals surface area contributed by atoms with Crippen LogP contribution in [0.15, 0.2) is 78.0 Å². The van der Waals surface area contributed by atoms with Crippen molar-refractivity contribution in [2.24, 2.45) is 0 Å². The van der Waals surface area contributed by atoms with Gasteiger partial charge in [-0.25, -0.2) is 8.78 Å². The molecule has 0 spiro atoms. The van der Waals surface area contributed by atoms with Crippen LogP contribution in [-0.4, -0.2) is 26.4 Å². The van der Waals surface area contributed by atoms with Crippen LogP contribution < -0.4 is 5.32 Å². The van der Waals surface area contributed by atoms with Gasteiger partial charge in [0.15, 0.2) is 11.0 Å². The van der Waals surface area contributed by atoms with Crippen molar-refractivity contribution in [1.82, 2.24) is 14.8 Å². The highest BCUT2D eigenvalue weighted by atomic mass is 35.5. The lowest BCUT2D eigenvalue weighted by Gasteiger charge is -2.11. The highest BCUT2D eigenvalue weighted by Gasteiger charge is 2.18. The number of nitrogens with zero attached hydrogens (tertiary/aromatic N) is 3. The molecule has 3 aromatic carbocycles. The lowest BCUT2D eigenvalue weighted by molar-refractivity contribution is -0.113. The predicted molar refractivity (Wildman–Crippen MR) is 118 cm³/mol. The summed E-state index contributed by atoms with van der Waals surface area (Å²) in [6.45, 7) is 0. The minimum absolute atomic E-state index is 0.0496. The number of anilines is 1. The molecule has 0 aliphatic carbocycles. The first-order valence-electron chi connectivity index (χ1n) is 9.16. The fourth-order valence-corrected chi connectivity index (χ4v) is 3.79. The second-order valence-electron chi connectivity index (χ2n) is 6.44. The number of nitrogens with one attached hydrogen (secondary N) is 1. The number of amides is 1. The molecule has 1 aromatic heterocycles. The molecule has 0 saturated carbocycles. The Balaban J connectivity index is 1.61. The van der Waals surface area contributed by atoms with Crippen LogP contribution in [0.25, 0.3) is 17.1 Å². The highest BCUT2D eigenvalue weighted by molar-refractivity contribution is 7.99. The number of halogens is 3. The van der Waals surface area contributed by atoms with Crippen LogP contribution in [0.1, 0.15) is 0 Å².